The highest BCUT2D eigenvalue weighted by atomic mass is 16.6. The van der Waals surface area contributed by atoms with Crippen LogP contribution in [0.5, 0.6) is 0 Å². The van der Waals surface area contributed by atoms with Gasteiger partial charge in [-0.05, 0) is 101 Å². The van der Waals surface area contributed by atoms with Crippen LogP contribution >= 0.6 is 0 Å². The summed E-state index contributed by atoms with van der Waals surface area (Å²) < 4.78 is 40.4. The van der Waals surface area contributed by atoms with E-state index < -0.39 is 47.6 Å². The van der Waals surface area contributed by atoms with E-state index in [1.54, 1.807) is 13.3 Å². The third-order valence-electron chi connectivity index (χ3n) is 16.7. The summed E-state index contributed by atoms with van der Waals surface area (Å²) in [4.78, 5) is 62.5. The van der Waals surface area contributed by atoms with Gasteiger partial charge in [0.2, 0.25) is 5.91 Å². The monoisotopic (exact) mass is 1040 g/mol. The van der Waals surface area contributed by atoms with E-state index in [9.17, 15) is 14.4 Å². The van der Waals surface area contributed by atoms with Gasteiger partial charge >= 0.3 is 5.97 Å². The molecule has 5 aliphatic heterocycles. The van der Waals surface area contributed by atoms with E-state index >= 15 is 0 Å². The highest BCUT2D eigenvalue weighted by molar-refractivity contribution is 5.95. The quantitative estimate of drug-likeness (QED) is 0.134. The van der Waals surface area contributed by atoms with Crippen molar-refractivity contribution in [2.45, 2.75) is 135 Å². The van der Waals surface area contributed by atoms with Gasteiger partial charge in [0.05, 0.1) is 48.7 Å². The molecule has 1 aromatic carbocycles. The number of fused-ring (bicyclic) bond motifs is 6. The number of piperazine rings is 1. The van der Waals surface area contributed by atoms with Crippen molar-refractivity contribution in [3.8, 4) is 11.3 Å². The number of aromatic nitrogens is 4. The van der Waals surface area contributed by atoms with Gasteiger partial charge in [-0.15, -0.1) is 0 Å². The molecule has 4 aromatic rings. The molecule has 2 saturated carbocycles. The van der Waals surface area contributed by atoms with Crippen molar-refractivity contribution in [1.29, 1.82) is 0 Å². The predicted molar refractivity (Wildman–Crippen MR) is 284 cm³/mol. The first-order valence-corrected chi connectivity index (χ1v) is 27.8. The molecule has 1 unspecified atom stereocenters. The minimum Gasteiger partial charge on any atom is -0.466 e. The summed E-state index contributed by atoms with van der Waals surface area (Å²) in [6, 6.07) is 9.25. The number of ether oxygens (including phenoxy) is 6. The van der Waals surface area contributed by atoms with Crippen LogP contribution in [0.1, 0.15) is 108 Å². The molecule has 3 N–H and O–H groups in total. The summed E-state index contributed by atoms with van der Waals surface area (Å²) in [6.07, 6.45) is 10.7. The van der Waals surface area contributed by atoms with Crippen LogP contribution in [-0.4, -0.2) is 157 Å². The highest BCUT2D eigenvalue weighted by Crippen LogP contribution is 2.53. The number of esters is 1. The second-order valence-electron chi connectivity index (χ2n) is 22.6. The first kappa shape index (κ1) is 52.4. The van der Waals surface area contributed by atoms with Gasteiger partial charge < -0.3 is 48.5 Å². The van der Waals surface area contributed by atoms with E-state index in [1.807, 2.05) is 39.2 Å². The predicted octanol–water partition coefficient (Wildman–Crippen LogP) is 5.49. The number of carbonyl (C=O) groups excluding carboxylic acids is 3. The van der Waals surface area contributed by atoms with E-state index in [0.717, 1.165) is 89.4 Å². The number of rotatable bonds is 14. The van der Waals surface area contributed by atoms with Gasteiger partial charge in [-0.3, -0.25) is 29.3 Å². The molecule has 0 radical (unpaired) electrons. The average molecular weight is 1050 g/mol. The van der Waals surface area contributed by atoms with Gasteiger partial charge in [0.1, 0.15) is 30.3 Å². The minimum absolute atomic E-state index is 0.0157. The maximum atomic E-state index is 15.0. The van der Waals surface area contributed by atoms with Gasteiger partial charge in [0, 0.05) is 130 Å². The fraction of sp³-hybridized carbons (Fsp3) is 0.614. The number of cyclic esters (lactones) is 1. The van der Waals surface area contributed by atoms with Crippen molar-refractivity contribution in [1.82, 2.24) is 45.5 Å². The Balaban J connectivity index is 1.00. The molecule has 8 atom stereocenters. The zero-order valence-corrected chi connectivity index (χ0v) is 45.0. The summed E-state index contributed by atoms with van der Waals surface area (Å²) in [5, 5.41) is 8.97. The molecule has 5 fully saturated rings. The zero-order chi connectivity index (χ0) is 52.7. The van der Waals surface area contributed by atoms with Crippen molar-refractivity contribution in [3.63, 3.8) is 0 Å². The Kier molecular flexibility index (Phi) is 15.4. The SMILES string of the molecule is CCO[C@@H]1C2NC=C(O2)c2ccc3c(c2)c(c(-c2cc(N4CCN(C5CC5)CC4)cnc2[C@H](C)OC)n3CCOC2CCOCC2)CC(C)(C)COC(=O)[C@@H]2CCCN(N2)C(=O)[C@H]1NC(=O)[C@@H]1[C@@H](C)[C@H]1c1ccncn1. The number of anilines is 1. The number of nitrogens with one attached hydrogen (secondary N) is 3. The van der Waals surface area contributed by atoms with Crippen LogP contribution in [0, 0.1) is 17.3 Å². The Morgan fingerprint density at radius 3 is 2.57 bits per heavy atom. The van der Waals surface area contributed by atoms with E-state index in [0.29, 0.717) is 64.0 Å². The van der Waals surface area contributed by atoms with Gasteiger partial charge in [-0.25, -0.2) is 15.4 Å². The summed E-state index contributed by atoms with van der Waals surface area (Å²) in [6.45, 7) is 17.1. The summed E-state index contributed by atoms with van der Waals surface area (Å²) in [5.41, 5.74) is 10.2. The van der Waals surface area contributed by atoms with Crippen molar-refractivity contribution in [2.24, 2.45) is 17.3 Å². The van der Waals surface area contributed by atoms with E-state index in [1.165, 1.54) is 24.2 Å². The largest absolute Gasteiger partial charge is 0.466 e. The number of hydrogen-bond acceptors (Lipinski definition) is 16. The Morgan fingerprint density at radius 2 is 1.82 bits per heavy atom. The first-order chi connectivity index (χ1) is 36.9. The maximum Gasteiger partial charge on any atom is 0.324 e. The summed E-state index contributed by atoms with van der Waals surface area (Å²) in [5.74, 6) is -1.20. The van der Waals surface area contributed by atoms with Crippen LogP contribution in [0.4, 0.5) is 5.69 Å². The number of hydrazine groups is 1. The number of amides is 2. The van der Waals surface area contributed by atoms with Crippen molar-refractivity contribution >= 4 is 40.1 Å². The lowest BCUT2D eigenvalue weighted by Crippen LogP contribution is -2.65. The molecule has 0 spiro atoms. The second-order valence-corrected chi connectivity index (χ2v) is 22.6. The Morgan fingerprint density at radius 1 is 1.00 bits per heavy atom. The van der Waals surface area contributed by atoms with Crippen LogP contribution in [-0.2, 0) is 55.8 Å². The molecule has 2 aliphatic carbocycles. The number of hydrogen-bond donors (Lipinski definition) is 3. The lowest BCUT2D eigenvalue weighted by atomic mass is 9.84. The Bertz CT molecular complexity index is 2770. The minimum atomic E-state index is -1.21. The number of nitrogens with zero attached hydrogens (tertiary/aromatic N) is 7. The van der Waals surface area contributed by atoms with Gasteiger partial charge in [-0.2, -0.15) is 0 Å². The number of benzene rings is 1. The number of pyridine rings is 1. The van der Waals surface area contributed by atoms with E-state index in [-0.39, 0.29) is 43.2 Å². The molecule has 76 heavy (non-hydrogen) atoms. The Hall–Kier alpha value is -5.70. The maximum absolute atomic E-state index is 15.0. The summed E-state index contributed by atoms with van der Waals surface area (Å²) in [7, 11) is 1.73. The lowest BCUT2D eigenvalue weighted by Gasteiger charge is -2.38. The lowest BCUT2D eigenvalue weighted by molar-refractivity contribution is -0.158. The average Bonchev–Trinajstić information content (AvgIpc) is 4.36. The second kappa shape index (κ2) is 22.3. The standard InChI is InChI=1S/C57H76N10O9/c1-7-73-52-50(62-53(68)48-34(2)47(48)43-14-17-58-33-61-43)55(69)67-18-8-9-44(63-67)56(70)75-32-57(4,5)29-42-40-27-36(46-31-60-54(52)76-46)10-13-45(40)66(23-26-74-39-15-24-72-25-16-39)51(42)41-28-38(30-59-49(41)35(3)71-6)65-21-19-64(20-22-65)37-11-12-37/h10,13-14,17,27-28,30-31,33-35,37,39,44,47-48,50,52,54,60,63H,7-9,11-12,15-16,18-26,29,32H2,1-6H3,(H,62,68)/t34-,35-,44-,47-,48+,50-,52-,54?/m0/s1. The molecule has 3 aromatic heterocycles. The highest BCUT2D eigenvalue weighted by Gasteiger charge is 2.55. The van der Waals surface area contributed by atoms with Gasteiger partial charge in [0.25, 0.3) is 5.91 Å². The molecule has 19 heteroatoms. The molecule has 19 nitrogen and oxygen atoms in total. The van der Waals surface area contributed by atoms with Gasteiger partial charge in [0.15, 0.2) is 6.23 Å². The molecule has 3 saturated heterocycles. The first-order valence-electron chi connectivity index (χ1n) is 27.8. The third-order valence-corrected chi connectivity index (χ3v) is 16.7. The topological polar surface area (TPSA) is 196 Å². The smallest absolute Gasteiger partial charge is 0.324 e. The zero-order valence-electron chi connectivity index (χ0n) is 45.0. The van der Waals surface area contributed by atoms with Crippen molar-refractivity contribution < 1.29 is 42.8 Å². The van der Waals surface area contributed by atoms with Crippen molar-refractivity contribution in [2.75, 3.05) is 77.8 Å². The van der Waals surface area contributed by atoms with Crippen LogP contribution in [0.15, 0.2) is 55.3 Å². The van der Waals surface area contributed by atoms with Crippen LogP contribution in [0.2, 0.25) is 0 Å². The number of methoxy groups -OCH3 is 1. The molecule has 8 heterocycles. The van der Waals surface area contributed by atoms with Crippen LogP contribution in [0.25, 0.3) is 27.9 Å². The molecular weight excluding hydrogens is 969 g/mol. The normalized spacial score (nSPS) is 27.8. The molecule has 7 aliphatic rings. The third kappa shape index (κ3) is 10.9. The van der Waals surface area contributed by atoms with Crippen LogP contribution < -0.4 is 21.0 Å². The fourth-order valence-corrected chi connectivity index (χ4v) is 12.3. The molecular formula is C57H76N10O9. The Labute approximate surface area is 445 Å². The van der Waals surface area contributed by atoms with Crippen molar-refractivity contribution in [3.05, 3.63) is 77.8 Å². The van der Waals surface area contributed by atoms with E-state index in [4.69, 9.17) is 33.4 Å². The molecule has 6 bridgehead atoms. The molecule has 11 rings (SSSR count). The van der Waals surface area contributed by atoms with E-state index in [2.05, 4.69) is 78.5 Å². The number of carbonyl (C=O) groups is 3. The molecule has 2 amide bonds. The van der Waals surface area contributed by atoms with Crippen LogP contribution in [0.3, 0.4) is 0 Å². The molecule has 408 valence electrons. The summed E-state index contributed by atoms with van der Waals surface area (Å²) >= 11 is 0. The fourth-order valence-electron chi connectivity index (χ4n) is 12.3. The van der Waals surface area contributed by atoms with Gasteiger partial charge in [-0.1, -0.05) is 20.8 Å².